The molecule has 1 fully saturated rings. The average molecular weight is 223 g/mol. The topological polar surface area (TPSA) is 78.9 Å². The summed E-state index contributed by atoms with van der Waals surface area (Å²) < 4.78 is 0. The normalized spacial score (nSPS) is 18.8. The Morgan fingerprint density at radius 1 is 1.31 bits per heavy atom. The molecule has 1 amide bonds. The number of nitrogens with two attached hydrogens (primary N) is 1. The lowest BCUT2D eigenvalue weighted by Gasteiger charge is -2.31. The Labute approximate surface area is 97.2 Å². The van der Waals surface area contributed by atoms with Crippen LogP contribution in [0.5, 0.6) is 0 Å². The molecule has 0 bridgehead atoms. The summed E-state index contributed by atoms with van der Waals surface area (Å²) in [5.41, 5.74) is 5.45. The van der Waals surface area contributed by atoms with Crippen LogP contribution in [0.1, 0.15) is 51.4 Å². The van der Waals surface area contributed by atoms with Crippen molar-refractivity contribution in [2.24, 2.45) is 5.73 Å². The molecule has 4 nitrogen and oxygen atoms in total. The number of carbonyl (C=O) groups is 1. The van der Waals surface area contributed by atoms with E-state index in [9.17, 15) is 4.79 Å². The van der Waals surface area contributed by atoms with E-state index in [1.807, 2.05) is 0 Å². The first-order valence-corrected chi connectivity index (χ1v) is 6.13. The van der Waals surface area contributed by atoms with Crippen molar-refractivity contribution < 1.29 is 4.79 Å². The van der Waals surface area contributed by atoms with Crippen LogP contribution in [-0.4, -0.2) is 18.0 Å². The number of nitrogens with zero attached hydrogens (tertiary/aromatic N) is 1. The molecule has 0 unspecified atom stereocenters. The zero-order valence-electron chi connectivity index (χ0n) is 9.80. The van der Waals surface area contributed by atoms with Crippen LogP contribution in [-0.2, 0) is 4.79 Å². The van der Waals surface area contributed by atoms with Gasteiger partial charge < -0.3 is 11.1 Å². The van der Waals surface area contributed by atoms with E-state index < -0.39 is 5.54 Å². The minimum absolute atomic E-state index is 0.0100. The maximum Gasteiger partial charge on any atom is 0.240 e. The van der Waals surface area contributed by atoms with Gasteiger partial charge in [0.25, 0.3) is 0 Å². The quantitative estimate of drug-likeness (QED) is 0.692. The summed E-state index contributed by atoms with van der Waals surface area (Å²) in [7, 11) is 0. The van der Waals surface area contributed by atoms with Crippen LogP contribution >= 0.6 is 0 Å². The first kappa shape index (κ1) is 13.0. The molecule has 1 saturated carbocycles. The second-order valence-corrected chi connectivity index (χ2v) is 4.59. The van der Waals surface area contributed by atoms with Crippen molar-refractivity contribution in [2.75, 3.05) is 6.54 Å². The second kappa shape index (κ2) is 6.49. The molecule has 0 aromatic rings. The highest BCUT2D eigenvalue weighted by Gasteiger charge is 2.34. The molecular formula is C12H21N3O. The van der Waals surface area contributed by atoms with Crippen LogP contribution in [0.2, 0.25) is 0 Å². The Morgan fingerprint density at radius 2 is 2.00 bits per heavy atom. The minimum atomic E-state index is -0.631. The van der Waals surface area contributed by atoms with Gasteiger partial charge in [-0.15, -0.1) is 0 Å². The summed E-state index contributed by atoms with van der Waals surface area (Å²) in [6, 6.07) is 2.09. The van der Waals surface area contributed by atoms with E-state index >= 15 is 0 Å². The molecule has 0 heterocycles. The molecule has 0 radical (unpaired) electrons. The lowest BCUT2D eigenvalue weighted by Crippen LogP contribution is -2.55. The molecule has 1 rings (SSSR count). The first-order valence-electron chi connectivity index (χ1n) is 6.13. The van der Waals surface area contributed by atoms with Gasteiger partial charge in [0, 0.05) is 13.0 Å². The van der Waals surface area contributed by atoms with Gasteiger partial charge in [-0.25, -0.2) is 0 Å². The number of nitriles is 1. The molecular weight excluding hydrogens is 202 g/mol. The third-order valence-electron chi connectivity index (χ3n) is 3.20. The molecule has 4 heteroatoms. The van der Waals surface area contributed by atoms with Crippen molar-refractivity contribution in [3.8, 4) is 6.07 Å². The summed E-state index contributed by atoms with van der Waals surface area (Å²) in [6.45, 7) is 0.638. The maximum atomic E-state index is 11.9. The maximum absolute atomic E-state index is 11.9. The van der Waals surface area contributed by atoms with Gasteiger partial charge in [-0.1, -0.05) is 19.3 Å². The molecule has 1 aliphatic carbocycles. The monoisotopic (exact) mass is 223 g/mol. The summed E-state index contributed by atoms with van der Waals surface area (Å²) in [6.07, 6.45) is 7.16. The van der Waals surface area contributed by atoms with Crippen molar-refractivity contribution in [2.45, 2.75) is 56.9 Å². The predicted molar refractivity (Wildman–Crippen MR) is 62.5 cm³/mol. The van der Waals surface area contributed by atoms with Gasteiger partial charge in [0.2, 0.25) is 5.91 Å². The Balaban J connectivity index is 2.21. The standard InChI is InChI=1S/C12H21N3O/c13-9-5-2-6-10-15-11(16)12(14)7-3-1-4-8-12/h1-8,10,14H2,(H,15,16). The highest BCUT2D eigenvalue weighted by molar-refractivity contribution is 5.86. The molecule has 1 aliphatic rings. The number of hydrogen-bond donors (Lipinski definition) is 2. The fourth-order valence-electron chi connectivity index (χ4n) is 2.12. The van der Waals surface area contributed by atoms with Gasteiger partial charge in [0.15, 0.2) is 0 Å². The van der Waals surface area contributed by atoms with Crippen molar-refractivity contribution in [1.29, 1.82) is 5.26 Å². The molecule has 0 aliphatic heterocycles. The SMILES string of the molecule is N#CCCCCNC(=O)C1(N)CCCCC1. The van der Waals surface area contributed by atoms with E-state index in [1.165, 1.54) is 6.42 Å². The van der Waals surface area contributed by atoms with E-state index in [4.69, 9.17) is 11.0 Å². The number of unbranched alkanes of at least 4 members (excludes halogenated alkanes) is 2. The van der Waals surface area contributed by atoms with E-state index in [0.29, 0.717) is 13.0 Å². The second-order valence-electron chi connectivity index (χ2n) is 4.59. The van der Waals surface area contributed by atoms with Crippen molar-refractivity contribution in [3.63, 3.8) is 0 Å². The highest BCUT2D eigenvalue weighted by atomic mass is 16.2. The first-order chi connectivity index (χ1) is 7.69. The summed E-state index contributed by atoms with van der Waals surface area (Å²) in [5, 5.41) is 11.2. The Bertz CT molecular complexity index is 264. The van der Waals surface area contributed by atoms with E-state index in [-0.39, 0.29) is 5.91 Å². The zero-order valence-corrected chi connectivity index (χ0v) is 9.80. The number of amides is 1. The molecule has 0 aromatic carbocycles. The van der Waals surface area contributed by atoms with Crippen LogP contribution in [0, 0.1) is 11.3 Å². The molecule has 0 spiro atoms. The molecule has 0 saturated heterocycles. The summed E-state index contributed by atoms with van der Waals surface area (Å²) >= 11 is 0. The van der Waals surface area contributed by atoms with Gasteiger partial charge in [0.1, 0.15) is 0 Å². The molecule has 16 heavy (non-hydrogen) atoms. The van der Waals surface area contributed by atoms with Gasteiger partial charge in [-0.05, 0) is 25.7 Å². The average Bonchev–Trinajstić information content (AvgIpc) is 2.29. The van der Waals surface area contributed by atoms with Crippen molar-refractivity contribution in [3.05, 3.63) is 0 Å². The number of rotatable bonds is 5. The summed E-state index contributed by atoms with van der Waals surface area (Å²) in [4.78, 5) is 11.9. The van der Waals surface area contributed by atoms with E-state index in [0.717, 1.165) is 38.5 Å². The summed E-state index contributed by atoms with van der Waals surface area (Å²) in [5.74, 6) is -0.0100. The third-order valence-corrected chi connectivity index (χ3v) is 3.20. The van der Waals surface area contributed by atoms with Gasteiger partial charge in [-0.3, -0.25) is 4.79 Å². The molecule has 0 aromatic heterocycles. The largest absolute Gasteiger partial charge is 0.355 e. The van der Waals surface area contributed by atoms with Crippen LogP contribution in [0.25, 0.3) is 0 Å². The van der Waals surface area contributed by atoms with Crippen molar-refractivity contribution in [1.82, 2.24) is 5.32 Å². The van der Waals surface area contributed by atoms with Gasteiger partial charge in [-0.2, -0.15) is 5.26 Å². The fraction of sp³-hybridized carbons (Fsp3) is 0.833. The lowest BCUT2D eigenvalue weighted by atomic mass is 9.82. The van der Waals surface area contributed by atoms with Crippen LogP contribution in [0.3, 0.4) is 0 Å². The van der Waals surface area contributed by atoms with E-state index in [2.05, 4.69) is 11.4 Å². The Kier molecular flexibility index (Phi) is 5.27. The smallest absolute Gasteiger partial charge is 0.240 e. The molecule has 3 N–H and O–H groups in total. The highest BCUT2D eigenvalue weighted by Crippen LogP contribution is 2.25. The minimum Gasteiger partial charge on any atom is -0.355 e. The molecule has 90 valence electrons. The van der Waals surface area contributed by atoms with E-state index in [1.54, 1.807) is 0 Å². The number of nitrogens with one attached hydrogen (secondary N) is 1. The Morgan fingerprint density at radius 3 is 2.62 bits per heavy atom. The van der Waals surface area contributed by atoms with Gasteiger partial charge >= 0.3 is 0 Å². The Hall–Kier alpha value is -1.08. The lowest BCUT2D eigenvalue weighted by molar-refractivity contribution is -0.127. The third kappa shape index (κ3) is 3.82. The van der Waals surface area contributed by atoms with Crippen LogP contribution < -0.4 is 11.1 Å². The zero-order chi connectivity index (χ0) is 11.9. The molecule has 0 atom stereocenters. The van der Waals surface area contributed by atoms with Crippen LogP contribution in [0.4, 0.5) is 0 Å². The number of hydrogen-bond acceptors (Lipinski definition) is 3. The van der Waals surface area contributed by atoms with Crippen LogP contribution in [0.15, 0.2) is 0 Å². The predicted octanol–water partition coefficient (Wildman–Crippen LogP) is 1.46. The fourth-order valence-corrected chi connectivity index (χ4v) is 2.12. The number of carbonyl (C=O) groups excluding carboxylic acids is 1. The van der Waals surface area contributed by atoms with Gasteiger partial charge in [0.05, 0.1) is 11.6 Å². The van der Waals surface area contributed by atoms with Crippen molar-refractivity contribution >= 4 is 5.91 Å².